The first-order valence-corrected chi connectivity index (χ1v) is 5.81. The Balaban J connectivity index is 1.78. The van der Waals surface area contributed by atoms with E-state index < -0.39 is 0 Å². The molecule has 2 aliphatic carbocycles. The van der Waals surface area contributed by atoms with Crippen molar-refractivity contribution in [3.05, 3.63) is 0 Å². The maximum atomic E-state index is 11.6. The minimum Gasteiger partial charge on any atom is -0.302 e. The maximum Gasteiger partial charge on any atom is 0.147 e. The van der Waals surface area contributed by atoms with Gasteiger partial charge in [0.25, 0.3) is 0 Å². The van der Waals surface area contributed by atoms with Gasteiger partial charge in [0.2, 0.25) is 0 Å². The van der Waals surface area contributed by atoms with E-state index in [0.717, 1.165) is 24.2 Å². The lowest BCUT2D eigenvalue weighted by molar-refractivity contribution is -0.120. The van der Waals surface area contributed by atoms with Gasteiger partial charge >= 0.3 is 0 Å². The molecule has 0 aliphatic heterocycles. The average Bonchev–Trinajstić information content (AvgIpc) is 2.62. The van der Waals surface area contributed by atoms with Crippen LogP contribution >= 0.6 is 0 Å². The van der Waals surface area contributed by atoms with Crippen molar-refractivity contribution < 1.29 is 4.79 Å². The van der Waals surface area contributed by atoms with Crippen molar-refractivity contribution in [1.29, 1.82) is 0 Å². The molecule has 2 rings (SSSR count). The number of nitrogens with zero attached hydrogens (tertiary/aromatic N) is 1. The summed E-state index contributed by atoms with van der Waals surface area (Å²) in [5, 5.41) is 0. The van der Waals surface area contributed by atoms with Crippen LogP contribution in [0.1, 0.15) is 32.1 Å². The molecule has 0 aromatic heterocycles. The number of ketones is 1. The second-order valence-electron chi connectivity index (χ2n) is 5.42. The van der Waals surface area contributed by atoms with E-state index in [9.17, 15) is 4.79 Å². The molecule has 0 spiro atoms. The zero-order valence-corrected chi connectivity index (χ0v) is 9.33. The summed E-state index contributed by atoms with van der Waals surface area (Å²) in [5.74, 6) is 3.04. The van der Waals surface area contributed by atoms with Crippen LogP contribution in [0.15, 0.2) is 0 Å². The molecule has 2 saturated carbocycles. The van der Waals surface area contributed by atoms with E-state index in [2.05, 4.69) is 0 Å². The highest BCUT2D eigenvalue weighted by Gasteiger charge is 2.39. The Kier molecular flexibility index (Phi) is 2.91. The number of rotatable bonds is 4. The number of carbonyl (C=O) groups excluding carboxylic acids is 1. The number of carbonyl (C=O) groups is 1. The minimum atomic E-state index is 0.438. The van der Waals surface area contributed by atoms with Crippen LogP contribution in [0.5, 0.6) is 0 Å². The fraction of sp³-hybridized carbons (Fsp3) is 0.917. The van der Waals surface area contributed by atoms with E-state index >= 15 is 0 Å². The molecule has 14 heavy (non-hydrogen) atoms. The van der Waals surface area contributed by atoms with Crippen molar-refractivity contribution in [2.45, 2.75) is 32.1 Å². The Labute approximate surface area is 86.7 Å². The zero-order valence-electron chi connectivity index (χ0n) is 9.33. The third-order valence-corrected chi connectivity index (χ3v) is 3.87. The van der Waals surface area contributed by atoms with Crippen LogP contribution in [-0.2, 0) is 4.79 Å². The van der Waals surface area contributed by atoms with Gasteiger partial charge in [-0.2, -0.15) is 0 Å². The predicted octanol–water partition coefficient (Wildman–Crippen LogP) is 1.94. The van der Waals surface area contributed by atoms with Crippen LogP contribution < -0.4 is 0 Å². The van der Waals surface area contributed by atoms with E-state index in [0.29, 0.717) is 12.3 Å². The third-order valence-electron chi connectivity index (χ3n) is 3.87. The molecular formula is C12H21NO. The van der Waals surface area contributed by atoms with Gasteiger partial charge in [0, 0.05) is 6.42 Å². The summed E-state index contributed by atoms with van der Waals surface area (Å²) in [4.78, 5) is 13.6. The summed E-state index contributed by atoms with van der Waals surface area (Å²) in [6.07, 6.45) is 6.43. The van der Waals surface area contributed by atoms with E-state index in [1.54, 1.807) is 0 Å². The molecule has 0 aromatic carbocycles. The van der Waals surface area contributed by atoms with Gasteiger partial charge in [-0.1, -0.05) is 6.42 Å². The molecule has 2 nitrogen and oxygen atoms in total. The molecule has 2 fully saturated rings. The lowest BCUT2D eigenvalue weighted by atomic mass is 9.85. The van der Waals surface area contributed by atoms with Crippen molar-refractivity contribution in [2.75, 3.05) is 20.6 Å². The smallest absolute Gasteiger partial charge is 0.147 e. The number of likely N-dealkylation sites (N-methyl/N-ethyl adjacent to an activating group) is 1. The van der Waals surface area contributed by atoms with Crippen LogP contribution in [0, 0.1) is 17.8 Å². The highest BCUT2D eigenvalue weighted by Crippen LogP contribution is 2.49. The van der Waals surface area contributed by atoms with Crippen molar-refractivity contribution in [3.8, 4) is 0 Å². The first kappa shape index (κ1) is 10.2. The first-order chi connectivity index (χ1) is 6.65. The number of hydrogen-bond donors (Lipinski definition) is 0. The van der Waals surface area contributed by atoms with Crippen LogP contribution in [0.2, 0.25) is 0 Å². The maximum absolute atomic E-state index is 11.6. The fourth-order valence-electron chi connectivity index (χ4n) is 3.34. The van der Waals surface area contributed by atoms with Gasteiger partial charge in [-0.25, -0.2) is 0 Å². The van der Waals surface area contributed by atoms with Crippen molar-refractivity contribution in [2.24, 2.45) is 17.8 Å². The molecule has 0 aromatic rings. The van der Waals surface area contributed by atoms with E-state index in [1.165, 1.54) is 25.7 Å². The van der Waals surface area contributed by atoms with E-state index in [-0.39, 0.29) is 0 Å². The van der Waals surface area contributed by atoms with Crippen LogP contribution in [0.25, 0.3) is 0 Å². The summed E-state index contributed by atoms with van der Waals surface area (Å²) in [7, 11) is 3.94. The Hall–Kier alpha value is -0.370. The van der Waals surface area contributed by atoms with Gasteiger partial charge in [-0.05, 0) is 51.1 Å². The number of fused-ring (bicyclic) bond motifs is 2. The van der Waals surface area contributed by atoms with Gasteiger partial charge in [0.05, 0.1) is 6.54 Å². The van der Waals surface area contributed by atoms with Gasteiger partial charge in [-0.3, -0.25) is 4.79 Å². The standard InChI is InChI=1S/C12H21NO/c1-13(2)8-12(14)7-11-6-9-3-4-10(11)5-9/h9-11H,3-8H2,1-2H3. The van der Waals surface area contributed by atoms with Gasteiger partial charge in [0.15, 0.2) is 0 Å². The second kappa shape index (κ2) is 4.01. The minimum absolute atomic E-state index is 0.438. The molecule has 0 N–H and O–H groups in total. The normalized spacial score (nSPS) is 35.5. The second-order valence-corrected chi connectivity index (χ2v) is 5.42. The average molecular weight is 195 g/mol. The highest BCUT2D eigenvalue weighted by atomic mass is 16.1. The van der Waals surface area contributed by atoms with Crippen molar-refractivity contribution in [3.63, 3.8) is 0 Å². The summed E-state index contributed by atoms with van der Waals surface area (Å²) in [6.45, 7) is 0.633. The Morgan fingerprint density at radius 3 is 2.57 bits per heavy atom. The number of hydrogen-bond acceptors (Lipinski definition) is 2. The van der Waals surface area contributed by atoms with Crippen molar-refractivity contribution in [1.82, 2.24) is 4.90 Å². The quantitative estimate of drug-likeness (QED) is 0.683. The van der Waals surface area contributed by atoms with Crippen LogP contribution in [0.4, 0.5) is 0 Å². The predicted molar refractivity (Wildman–Crippen MR) is 57.1 cm³/mol. The third kappa shape index (κ3) is 2.17. The Morgan fingerprint density at radius 2 is 2.07 bits per heavy atom. The topological polar surface area (TPSA) is 20.3 Å². The molecule has 2 heteroatoms. The molecule has 2 aliphatic rings. The van der Waals surface area contributed by atoms with Gasteiger partial charge in [-0.15, -0.1) is 0 Å². The summed E-state index contributed by atoms with van der Waals surface area (Å²) in [6, 6.07) is 0. The lowest BCUT2D eigenvalue weighted by Crippen LogP contribution is -2.25. The molecule has 80 valence electrons. The summed E-state index contributed by atoms with van der Waals surface area (Å²) < 4.78 is 0. The number of Topliss-reactive ketones (excluding diaryl/α,β-unsaturated/α-hetero) is 1. The lowest BCUT2D eigenvalue weighted by Gasteiger charge is -2.21. The van der Waals surface area contributed by atoms with Crippen molar-refractivity contribution >= 4 is 5.78 Å². The van der Waals surface area contributed by atoms with E-state index in [4.69, 9.17) is 0 Å². The molecular weight excluding hydrogens is 174 g/mol. The Morgan fingerprint density at radius 1 is 1.29 bits per heavy atom. The highest BCUT2D eigenvalue weighted by molar-refractivity contribution is 5.80. The first-order valence-electron chi connectivity index (χ1n) is 5.81. The SMILES string of the molecule is CN(C)CC(=O)CC1CC2CCC1C2. The largest absolute Gasteiger partial charge is 0.302 e. The van der Waals surface area contributed by atoms with Gasteiger partial charge in [0.1, 0.15) is 5.78 Å². The fourth-order valence-corrected chi connectivity index (χ4v) is 3.34. The summed E-state index contributed by atoms with van der Waals surface area (Å²) in [5.41, 5.74) is 0. The molecule has 0 radical (unpaired) electrons. The molecule has 0 saturated heterocycles. The molecule has 0 amide bonds. The Bertz CT molecular complexity index is 224. The molecule has 2 bridgehead atoms. The van der Waals surface area contributed by atoms with Crippen LogP contribution in [0.3, 0.4) is 0 Å². The van der Waals surface area contributed by atoms with Crippen LogP contribution in [-0.4, -0.2) is 31.3 Å². The monoisotopic (exact) mass is 195 g/mol. The zero-order chi connectivity index (χ0) is 10.1. The molecule has 0 heterocycles. The van der Waals surface area contributed by atoms with E-state index in [1.807, 2.05) is 19.0 Å². The molecule has 3 atom stereocenters. The summed E-state index contributed by atoms with van der Waals surface area (Å²) >= 11 is 0. The van der Waals surface area contributed by atoms with Gasteiger partial charge < -0.3 is 4.90 Å². The molecule has 3 unspecified atom stereocenters.